The predicted octanol–water partition coefficient (Wildman–Crippen LogP) is 4.89. The molecule has 0 amide bonds. The highest BCUT2D eigenvalue weighted by atomic mass is 32.3. The molecular formula is C34H58O12S. The maximum absolute atomic E-state index is 12.6. The second-order valence-electron chi connectivity index (χ2n) is 11.4. The molecule has 12 nitrogen and oxygen atoms in total. The van der Waals surface area contributed by atoms with Crippen molar-refractivity contribution in [1.29, 1.82) is 0 Å². The standard InChI is InChI=1S/C34H58O12S/c1-3-5-7-9-11-12-13-14-15-16-17-18-20-22-24-42-26-28(44-30(36)23-21-19-10-8-6-4-2)27-43-34-32(38)33(46-47(39,40)41)31(37)29(25-35)45-34/h5,7,11-12,14-15,17-18,28-29,31-35,37-38H,3-4,6,8-10,13,16,19-27H2,1-2H3,(H,39,40,41)/b7-5-,12-11-,15-14-,18-17-. The van der Waals surface area contributed by atoms with E-state index < -0.39 is 59.8 Å². The maximum atomic E-state index is 12.6. The quantitative estimate of drug-likeness (QED) is 0.0398. The van der Waals surface area contributed by atoms with Gasteiger partial charge in [-0.1, -0.05) is 94.6 Å². The first kappa shape index (κ1) is 43.1. The van der Waals surface area contributed by atoms with Crippen LogP contribution in [-0.2, 0) is 38.3 Å². The Kier molecular flexibility index (Phi) is 24.7. The second kappa shape index (κ2) is 26.9. The molecule has 0 aromatic heterocycles. The minimum atomic E-state index is -5.06. The summed E-state index contributed by atoms with van der Waals surface area (Å²) in [4.78, 5) is 12.6. The summed E-state index contributed by atoms with van der Waals surface area (Å²) in [6.45, 7) is 3.60. The SMILES string of the molecule is CC/C=C\C/C=C\C/C=C\C/C=C\CCCOCC(COC1OC(CO)C(O)C(OS(=O)(=O)O)C1O)OC(=O)CCCCCCCC. The topological polar surface area (TPSA) is 178 Å². The molecule has 272 valence electrons. The summed E-state index contributed by atoms with van der Waals surface area (Å²) in [5.41, 5.74) is 0. The highest BCUT2D eigenvalue weighted by molar-refractivity contribution is 7.80. The van der Waals surface area contributed by atoms with Crippen LogP contribution in [0.5, 0.6) is 0 Å². The first-order chi connectivity index (χ1) is 22.6. The Morgan fingerprint density at radius 3 is 2.06 bits per heavy atom. The zero-order valence-electron chi connectivity index (χ0n) is 28.1. The monoisotopic (exact) mass is 690 g/mol. The van der Waals surface area contributed by atoms with Gasteiger partial charge in [0.25, 0.3) is 0 Å². The normalized spacial score (nSPS) is 23.1. The van der Waals surface area contributed by atoms with Gasteiger partial charge in [0.15, 0.2) is 6.29 Å². The van der Waals surface area contributed by atoms with Crippen molar-refractivity contribution in [1.82, 2.24) is 0 Å². The molecule has 0 spiro atoms. The third-order valence-electron chi connectivity index (χ3n) is 7.22. The lowest BCUT2D eigenvalue weighted by Crippen LogP contribution is -2.60. The smallest absolute Gasteiger partial charge is 0.397 e. The van der Waals surface area contributed by atoms with Crippen molar-refractivity contribution < 1.29 is 56.2 Å². The fourth-order valence-corrected chi connectivity index (χ4v) is 5.18. The molecule has 1 aliphatic heterocycles. The molecule has 1 heterocycles. The molecule has 0 bridgehead atoms. The number of carbonyl (C=O) groups excluding carboxylic acids is 1. The maximum Gasteiger partial charge on any atom is 0.397 e. The number of aliphatic hydroxyl groups excluding tert-OH is 3. The van der Waals surface area contributed by atoms with Crippen molar-refractivity contribution in [2.75, 3.05) is 26.4 Å². The van der Waals surface area contributed by atoms with Gasteiger partial charge in [-0.2, -0.15) is 8.42 Å². The van der Waals surface area contributed by atoms with Gasteiger partial charge < -0.3 is 34.3 Å². The molecule has 1 fully saturated rings. The first-order valence-electron chi connectivity index (χ1n) is 16.9. The third-order valence-corrected chi connectivity index (χ3v) is 7.68. The lowest BCUT2D eigenvalue weighted by molar-refractivity contribution is -0.301. The Hall–Kier alpha value is -1.94. The summed E-state index contributed by atoms with van der Waals surface area (Å²) in [6, 6.07) is 0. The first-order valence-corrected chi connectivity index (χ1v) is 18.3. The van der Waals surface area contributed by atoms with Crippen LogP contribution in [0.15, 0.2) is 48.6 Å². The van der Waals surface area contributed by atoms with Crippen LogP contribution in [0.2, 0.25) is 0 Å². The van der Waals surface area contributed by atoms with Gasteiger partial charge in [0.1, 0.15) is 30.5 Å². The van der Waals surface area contributed by atoms with Crippen molar-refractivity contribution >= 4 is 16.4 Å². The summed E-state index contributed by atoms with van der Waals surface area (Å²) < 4.78 is 58.3. The van der Waals surface area contributed by atoms with E-state index in [4.69, 9.17) is 23.5 Å². The van der Waals surface area contributed by atoms with E-state index in [0.717, 1.165) is 70.6 Å². The summed E-state index contributed by atoms with van der Waals surface area (Å²) in [7, 11) is -5.06. The second-order valence-corrected chi connectivity index (χ2v) is 12.4. The van der Waals surface area contributed by atoms with Crippen molar-refractivity contribution in [2.45, 2.75) is 134 Å². The largest absolute Gasteiger partial charge is 0.457 e. The molecule has 1 aliphatic rings. The fraction of sp³-hybridized carbons (Fsp3) is 0.735. The van der Waals surface area contributed by atoms with Gasteiger partial charge in [-0.15, -0.1) is 0 Å². The Morgan fingerprint density at radius 1 is 0.830 bits per heavy atom. The van der Waals surface area contributed by atoms with Crippen LogP contribution in [0.25, 0.3) is 0 Å². The number of aliphatic hydroxyl groups is 3. The Bertz CT molecular complexity index is 1030. The Balaban J connectivity index is 2.58. The summed E-state index contributed by atoms with van der Waals surface area (Å²) >= 11 is 0. The van der Waals surface area contributed by atoms with Crippen molar-refractivity contribution in [3.63, 3.8) is 0 Å². The van der Waals surface area contributed by atoms with Crippen LogP contribution >= 0.6 is 0 Å². The highest BCUT2D eigenvalue weighted by Gasteiger charge is 2.48. The minimum absolute atomic E-state index is 0.00371. The molecule has 0 aromatic carbocycles. The number of hydrogen-bond acceptors (Lipinski definition) is 11. The van der Waals surface area contributed by atoms with Crippen LogP contribution in [0.4, 0.5) is 0 Å². The molecule has 6 atom stereocenters. The fourth-order valence-electron chi connectivity index (χ4n) is 4.67. The predicted molar refractivity (Wildman–Crippen MR) is 179 cm³/mol. The number of hydrogen-bond donors (Lipinski definition) is 4. The number of rotatable bonds is 27. The average molecular weight is 691 g/mol. The van der Waals surface area contributed by atoms with Crippen molar-refractivity contribution in [3.05, 3.63) is 48.6 Å². The van der Waals surface area contributed by atoms with Gasteiger partial charge in [0, 0.05) is 13.0 Å². The van der Waals surface area contributed by atoms with Gasteiger partial charge in [-0.25, -0.2) is 4.18 Å². The summed E-state index contributed by atoms with van der Waals surface area (Å²) in [5.74, 6) is -0.432. The van der Waals surface area contributed by atoms with Crippen LogP contribution < -0.4 is 0 Å². The molecule has 13 heteroatoms. The van der Waals surface area contributed by atoms with E-state index in [1.54, 1.807) is 0 Å². The molecule has 0 radical (unpaired) electrons. The van der Waals surface area contributed by atoms with Crippen LogP contribution in [-0.4, -0.2) is 97.5 Å². The van der Waals surface area contributed by atoms with E-state index in [1.807, 2.05) is 0 Å². The minimum Gasteiger partial charge on any atom is -0.457 e. The molecule has 47 heavy (non-hydrogen) atoms. The van der Waals surface area contributed by atoms with Gasteiger partial charge >= 0.3 is 16.4 Å². The molecule has 4 N–H and O–H groups in total. The molecule has 0 aromatic rings. The lowest BCUT2D eigenvalue weighted by atomic mass is 9.99. The zero-order chi connectivity index (χ0) is 34.8. The van der Waals surface area contributed by atoms with Crippen molar-refractivity contribution in [2.24, 2.45) is 0 Å². The zero-order valence-corrected chi connectivity index (χ0v) is 28.9. The summed E-state index contributed by atoms with van der Waals surface area (Å²) in [6.07, 6.45) is 19.3. The van der Waals surface area contributed by atoms with E-state index in [-0.39, 0.29) is 19.6 Å². The summed E-state index contributed by atoms with van der Waals surface area (Å²) in [5, 5.41) is 30.3. The number of esters is 1. The number of allylic oxidation sites excluding steroid dienone is 8. The lowest BCUT2D eigenvalue weighted by Gasteiger charge is -2.41. The van der Waals surface area contributed by atoms with Crippen LogP contribution in [0.3, 0.4) is 0 Å². The van der Waals surface area contributed by atoms with E-state index in [2.05, 4.69) is 66.6 Å². The number of unbranched alkanes of at least 4 members (excludes halogenated alkanes) is 6. The molecular weight excluding hydrogens is 632 g/mol. The number of carbonyl (C=O) groups is 1. The Labute approximate surface area is 281 Å². The molecule has 1 saturated heterocycles. The van der Waals surface area contributed by atoms with Gasteiger partial charge in [0.2, 0.25) is 0 Å². The highest BCUT2D eigenvalue weighted by Crippen LogP contribution is 2.26. The third kappa shape index (κ3) is 21.6. The van der Waals surface area contributed by atoms with E-state index in [1.165, 1.54) is 0 Å². The van der Waals surface area contributed by atoms with E-state index >= 15 is 0 Å². The van der Waals surface area contributed by atoms with Crippen LogP contribution in [0, 0.1) is 0 Å². The number of ether oxygens (including phenoxy) is 4. The molecule has 6 unspecified atom stereocenters. The van der Waals surface area contributed by atoms with Gasteiger partial charge in [-0.3, -0.25) is 9.35 Å². The molecule has 1 rings (SSSR count). The van der Waals surface area contributed by atoms with Crippen molar-refractivity contribution in [3.8, 4) is 0 Å². The van der Waals surface area contributed by atoms with E-state index in [9.17, 15) is 28.5 Å². The average Bonchev–Trinajstić information content (AvgIpc) is 3.03. The van der Waals surface area contributed by atoms with Gasteiger partial charge in [-0.05, 0) is 44.9 Å². The molecule has 0 saturated carbocycles. The Morgan fingerprint density at radius 2 is 1.45 bits per heavy atom. The van der Waals surface area contributed by atoms with Gasteiger partial charge in [0.05, 0.1) is 19.8 Å². The van der Waals surface area contributed by atoms with E-state index in [0.29, 0.717) is 13.0 Å². The van der Waals surface area contributed by atoms with Crippen LogP contribution in [0.1, 0.15) is 97.3 Å². The molecule has 0 aliphatic carbocycles.